The number of benzene rings is 2. The average Bonchev–Trinajstić information content (AvgIpc) is 2.70. The zero-order valence-electron chi connectivity index (χ0n) is 12.6. The zero-order valence-corrected chi connectivity index (χ0v) is 12.6. The topological polar surface area (TPSA) is 53.1 Å². The van der Waals surface area contributed by atoms with E-state index in [1.165, 1.54) is 30.3 Å². The molecule has 3 N–H and O–H groups in total. The summed E-state index contributed by atoms with van der Waals surface area (Å²) in [6, 6.07) is 12.4. The lowest BCUT2D eigenvalue weighted by molar-refractivity contribution is 0.521. The first-order chi connectivity index (χ1) is 10.2. The molecule has 3 rings (SSSR count). The molecular formula is C18H23N3. The number of rotatable bonds is 2. The van der Waals surface area contributed by atoms with Crippen LogP contribution >= 0.6 is 0 Å². The van der Waals surface area contributed by atoms with Gasteiger partial charge in [0, 0.05) is 29.7 Å². The van der Waals surface area contributed by atoms with Crippen molar-refractivity contribution in [2.75, 3.05) is 18.0 Å². The van der Waals surface area contributed by atoms with Crippen LogP contribution in [0.1, 0.15) is 31.7 Å². The Morgan fingerprint density at radius 1 is 1.10 bits per heavy atom. The second kappa shape index (κ2) is 5.76. The molecule has 3 heteroatoms. The Morgan fingerprint density at radius 2 is 1.86 bits per heavy atom. The second-order valence-corrected chi connectivity index (χ2v) is 6.11. The molecule has 2 aromatic rings. The van der Waals surface area contributed by atoms with E-state index in [-0.39, 0.29) is 5.84 Å². The van der Waals surface area contributed by atoms with Gasteiger partial charge in [0.25, 0.3) is 0 Å². The second-order valence-electron chi connectivity index (χ2n) is 6.11. The van der Waals surface area contributed by atoms with Gasteiger partial charge in [0.2, 0.25) is 0 Å². The first-order valence-electron chi connectivity index (χ1n) is 7.78. The van der Waals surface area contributed by atoms with Gasteiger partial charge in [0.1, 0.15) is 5.84 Å². The van der Waals surface area contributed by atoms with Gasteiger partial charge in [-0.05, 0) is 42.7 Å². The van der Waals surface area contributed by atoms with Gasteiger partial charge < -0.3 is 10.6 Å². The van der Waals surface area contributed by atoms with Crippen molar-refractivity contribution in [3.8, 4) is 0 Å². The van der Waals surface area contributed by atoms with E-state index in [2.05, 4.69) is 36.1 Å². The number of fused-ring (bicyclic) bond motifs is 1. The van der Waals surface area contributed by atoms with Crippen molar-refractivity contribution < 1.29 is 0 Å². The van der Waals surface area contributed by atoms with Crippen LogP contribution in [0.3, 0.4) is 0 Å². The molecule has 110 valence electrons. The van der Waals surface area contributed by atoms with Crippen molar-refractivity contribution in [1.82, 2.24) is 0 Å². The minimum atomic E-state index is 0.141. The van der Waals surface area contributed by atoms with Crippen LogP contribution in [0.5, 0.6) is 0 Å². The largest absolute Gasteiger partial charge is 0.384 e. The Kier molecular flexibility index (Phi) is 3.82. The van der Waals surface area contributed by atoms with Crippen LogP contribution in [0.4, 0.5) is 5.69 Å². The lowest BCUT2D eigenvalue weighted by Gasteiger charge is -2.25. The summed E-state index contributed by atoms with van der Waals surface area (Å²) in [6.07, 6.45) is 3.83. The minimum absolute atomic E-state index is 0.141. The van der Waals surface area contributed by atoms with E-state index in [1.54, 1.807) is 0 Å². The van der Waals surface area contributed by atoms with Gasteiger partial charge >= 0.3 is 0 Å². The van der Waals surface area contributed by atoms with Gasteiger partial charge in [-0.2, -0.15) is 0 Å². The number of nitrogens with one attached hydrogen (secondary N) is 1. The van der Waals surface area contributed by atoms with E-state index in [4.69, 9.17) is 11.1 Å². The standard InChI is InChI=1S/C18H23N3/c1-13-5-4-11-21(12-10-13)17-9-8-16(18(19)20)14-6-2-3-7-15(14)17/h2-3,6-9,13H,4-5,10-12H2,1H3,(H3,19,20). The quantitative estimate of drug-likeness (QED) is 0.650. The van der Waals surface area contributed by atoms with Crippen LogP contribution in [-0.4, -0.2) is 18.9 Å². The minimum Gasteiger partial charge on any atom is -0.384 e. The first-order valence-corrected chi connectivity index (χ1v) is 7.78. The van der Waals surface area contributed by atoms with Gasteiger partial charge in [-0.3, -0.25) is 5.41 Å². The Morgan fingerprint density at radius 3 is 2.62 bits per heavy atom. The molecule has 0 radical (unpaired) electrons. The molecule has 21 heavy (non-hydrogen) atoms. The molecular weight excluding hydrogens is 258 g/mol. The fourth-order valence-corrected chi connectivity index (χ4v) is 3.30. The molecule has 1 atom stereocenters. The van der Waals surface area contributed by atoms with Crippen molar-refractivity contribution in [2.24, 2.45) is 11.7 Å². The smallest absolute Gasteiger partial charge is 0.123 e. The summed E-state index contributed by atoms with van der Waals surface area (Å²) in [5, 5.41) is 10.0. The molecule has 2 aromatic carbocycles. The molecule has 3 nitrogen and oxygen atoms in total. The van der Waals surface area contributed by atoms with E-state index in [0.29, 0.717) is 0 Å². The highest BCUT2D eigenvalue weighted by molar-refractivity contribution is 6.10. The summed E-state index contributed by atoms with van der Waals surface area (Å²) in [6.45, 7) is 4.58. The monoisotopic (exact) mass is 281 g/mol. The third-order valence-corrected chi connectivity index (χ3v) is 4.55. The summed E-state index contributed by atoms with van der Waals surface area (Å²) < 4.78 is 0. The highest BCUT2D eigenvalue weighted by Gasteiger charge is 2.17. The van der Waals surface area contributed by atoms with Gasteiger partial charge in [-0.15, -0.1) is 0 Å². The predicted octanol–water partition coefficient (Wildman–Crippen LogP) is 3.75. The highest BCUT2D eigenvalue weighted by Crippen LogP contribution is 2.31. The van der Waals surface area contributed by atoms with E-state index in [9.17, 15) is 0 Å². The fourth-order valence-electron chi connectivity index (χ4n) is 3.30. The Balaban J connectivity index is 2.07. The fraction of sp³-hybridized carbons (Fsp3) is 0.389. The maximum absolute atomic E-state index is 7.76. The number of nitrogens with two attached hydrogens (primary N) is 1. The third-order valence-electron chi connectivity index (χ3n) is 4.55. The highest BCUT2D eigenvalue weighted by atomic mass is 15.1. The number of hydrogen-bond acceptors (Lipinski definition) is 2. The van der Waals surface area contributed by atoms with Crippen LogP contribution in [0, 0.1) is 11.3 Å². The Bertz CT molecular complexity index is 663. The van der Waals surface area contributed by atoms with E-state index >= 15 is 0 Å². The lowest BCUT2D eigenvalue weighted by Crippen LogP contribution is -2.24. The average molecular weight is 281 g/mol. The van der Waals surface area contributed by atoms with Crippen molar-refractivity contribution in [3.05, 3.63) is 42.0 Å². The summed E-state index contributed by atoms with van der Waals surface area (Å²) >= 11 is 0. The van der Waals surface area contributed by atoms with Crippen molar-refractivity contribution in [3.63, 3.8) is 0 Å². The Hall–Kier alpha value is -2.03. The molecule has 1 saturated heterocycles. The van der Waals surface area contributed by atoms with Crippen LogP contribution < -0.4 is 10.6 Å². The number of nitrogen functional groups attached to an aromatic ring is 1. The molecule has 1 unspecified atom stereocenters. The molecule has 0 saturated carbocycles. The molecule has 1 fully saturated rings. The third kappa shape index (κ3) is 2.73. The normalized spacial score (nSPS) is 19.5. The van der Waals surface area contributed by atoms with Crippen molar-refractivity contribution in [1.29, 1.82) is 5.41 Å². The zero-order chi connectivity index (χ0) is 14.8. The number of anilines is 1. The molecule has 1 aliphatic rings. The van der Waals surface area contributed by atoms with Crippen LogP contribution in [0.2, 0.25) is 0 Å². The molecule has 0 bridgehead atoms. The number of nitrogens with zero attached hydrogens (tertiary/aromatic N) is 1. The van der Waals surface area contributed by atoms with E-state index in [0.717, 1.165) is 30.0 Å². The lowest BCUT2D eigenvalue weighted by atomic mass is 10.0. The summed E-state index contributed by atoms with van der Waals surface area (Å²) in [5.74, 6) is 0.958. The number of hydrogen-bond donors (Lipinski definition) is 2. The van der Waals surface area contributed by atoms with Crippen LogP contribution in [-0.2, 0) is 0 Å². The maximum atomic E-state index is 7.76. The van der Waals surface area contributed by atoms with Crippen LogP contribution in [0.25, 0.3) is 10.8 Å². The Labute approximate surface area is 126 Å². The first kappa shape index (κ1) is 13.9. The van der Waals surface area contributed by atoms with Gasteiger partial charge in [-0.1, -0.05) is 31.2 Å². The van der Waals surface area contributed by atoms with Gasteiger partial charge in [0.05, 0.1) is 0 Å². The predicted molar refractivity (Wildman–Crippen MR) is 90.2 cm³/mol. The van der Waals surface area contributed by atoms with Gasteiger partial charge in [0.15, 0.2) is 0 Å². The van der Waals surface area contributed by atoms with Crippen LogP contribution in [0.15, 0.2) is 36.4 Å². The van der Waals surface area contributed by atoms with Gasteiger partial charge in [-0.25, -0.2) is 0 Å². The molecule has 0 spiro atoms. The summed E-state index contributed by atoms with van der Waals surface area (Å²) in [5.41, 5.74) is 7.83. The van der Waals surface area contributed by atoms with E-state index < -0.39 is 0 Å². The molecule has 0 aliphatic carbocycles. The molecule has 1 aliphatic heterocycles. The van der Waals surface area contributed by atoms with Crippen molar-refractivity contribution in [2.45, 2.75) is 26.2 Å². The maximum Gasteiger partial charge on any atom is 0.123 e. The SMILES string of the molecule is CC1CCCN(c2ccc(C(=N)N)c3ccccc23)CC1. The van der Waals surface area contributed by atoms with E-state index in [1.807, 2.05) is 12.1 Å². The summed E-state index contributed by atoms with van der Waals surface area (Å²) in [7, 11) is 0. The summed E-state index contributed by atoms with van der Waals surface area (Å²) in [4.78, 5) is 2.50. The number of amidine groups is 1. The molecule has 0 amide bonds. The molecule has 0 aromatic heterocycles. The van der Waals surface area contributed by atoms with Crippen molar-refractivity contribution >= 4 is 22.3 Å². The molecule has 1 heterocycles.